The van der Waals surface area contributed by atoms with Crippen LogP contribution >= 0.6 is 0 Å². The number of nitrogens with zero attached hydrogens (tertiary/aromatic N) is 2. The van der Waals surface area contributed by atoms with Crippen LogP contribution in [0.2, 0.25) is 0 Å². The molecule has 8 nitrogen and oxygen atoms in total. The average Bonchev–Trinajstić information content (AvgIpc) is 3.01. The van der Waals surface area contributed by atoms with E-state index < -0.39 is 11.0 Å². The average molecular weight is 346 g/mol. The molecule has 2 fully saturated rings. The van der Waals surface area contributed by atoms with Crippen LogP contribution in [0.15, 0.2) is 18.2 Å². The second-order valence-corrected chi connectivity index (χ2v) is 6.68. The summed E-state index contributed by atoms with van der Waals surface area (Å²) in [5.74, 6) is 0.101. The molecule has 1 aromatic rings. The SMILES string of the molecule is Cc1cc(C(=O)N2CCCC2C(=O)NCC2CNC2)ccc1[N+](=O)[O-]. The maximum absolute atomic E-state index is 12.8. The summed E-state index contributed by atoms with van der Waals surface area (Å²) in [5.41, 5.74) is 0.806. The van der Waals surface area contributed by atoms with Gasteiger partial charge in [-0.1, -0.05) is 0 Å². The van der Waals surface area contributed by atoms with E-state index in [4.69, 9.17) is 0 Å². The zero-order valence-electron chi connectivity index (χ0n) is 14.2. The molecule has 25 heavy (non-hydrogen) atoms. The van der Waals surface area contributed by atoms with E-state index >= 15 is 0 Å². The van der Waals surface area contributed by atoms with Crippen LogP contribution in [0.1, 0.15) is 28.8 Å². The number of amides is 2. The summed E-state index contributed by atoms with van der Waals surface area (Å²) in [5, 5.41) is 17.0. The van der Waals surface area contributed by atoms with Gasteiger partial charge in [0.2, 0.25) is 5.91 Å². The minimum absolute atomic E-state index is 0.0126. The maximum Gasteiger partial charge on any atom is 0.272 e. The Morgan fingerprint density at radius 2 is 2.16 bits per heavy atom. The Morgan fingerprint density at radius 3 is 2.76 bits per heavy atom. The molecule has 3 rings (SSSR count). The fourth-order valence-electron chi connectivity index (χ4n) is 3.30. The predicted molar refractivity (Wildman–Crippen MR) is 91.3 cm³/mol. The largest absolute Gasteiger partial charge is 0.354 e. The molecule has 2 heterocycles. The standard InChI is InChI=1S/C17H22N4O4/c1-11-7-13(4-5-14(11)21(24)25)17(23)20-6-2-3-15(20)16(22)19-10-12-8-18-9-12/h4-5,7,12,15,18H,2-3,6,8-10H2,1H3,(H,19,22). The molecule has 134 valence electrons. The molecule has 2 amide bonds. The molecular weight excluding hydrogens is 324 g/mol. The van der Waals surface area contributed by atoms with Gasteiger partial charge in [0.15, 0.2) is 0 Å². The van der Waals surface area contributed by atoms with Crippen LogP contribution in [-0.2, 0) is 4.79 Å². The van der Waals surface area contributed by atoms with Crippen molar-refractivity contribution in [2.75, 3.05) is 26.2 Å². The number of hydrogen-bond donors (Lipinski definition) is 2. The van der Waals surface area contributed by atoms with Crippen LogP contribution in [0.25, 0.3) is 0 Å². The highest BCUT2D eigenvalue weighted by molar-refractivity contribution is 5.98. The molecule has 2 aliphatic heterocycles. The lowest BCUT2D eigenvalue weighted by molar-refractivity contribution is -0.385. The van der Waals surface area contributed by atoms with Gasteiger partial charge < -0.3 is 15.5 Å². The van der Waals surface area contributed by atoms with Crippen LogP contribution in [-0.4, -0.2) is 53.9 Å². The smallest absolute Gasteiger partial charge is 0.272 e. The molecule has 1 atom stereocenters. The number of rotatable bonds is 5. The molecule has 2 saturated heterocycles. The Morgan fingerprint density at radius 1 is 1.40 bits per heavy atom. The molecule has 1 unspecified atom stereocenters. The molecule has 1 aromatic carbocycles. The van der Waals surface area contributed by atoms with E-state index in [1.807, 2.05) is 0 Å². The van der Waals surface area contributed by atoms with Crippen LogP contribution < -0.4 is 10.6 Å². The van der Waals surface area contributed by atoms with E-state index in [0.29, 0.717) is 36.6 Å². The van der Waals surface area contributed by atoms with E-state index in [-0.39, 0.29) is 17.5 Å². The second kappa shape index (κ2) is 7.18. The van der Waals surface area contributed by atoms with Crippen molar-refractivity contribution in [3.8, 4) is 0 Å². The van der Waals surface area contributed by atoms with E-state index in [9.17, 15) is 19.7 Å². The molecule has 2 N–H and O–H groups in total. The Hall–Kier alpha value is -2.48. The minimum atomic E-state index is -0.467. The van der Waals surface area contributed by atoms with Crippen molar-refractivity contribution >= 4 is 17.5 Å². The van der Waals surface area contributed by atoms with Crippen LogP contribution in [0.5, 0.6) is 0 Å². The Labute approximate surface area is 145 Å². The second-order valence-electron chi connectivity index (χ2n) is 6.68. The first-order valence-corrected chi connectivity index (χ1v) is 8.52. The molecule has 0 saturated carbocycles. The van der Waals surface area contributed by atoms with E-state index in [1.54, 1.807) is 11.8 Å². The number of likely N-dealkylation sites (tertiary alicyclic amines) is 1. The molecule has 0 spiro atoms. The molecule has 0 aromatic heterocycles. The Kier molecular flexibility index (Phi) is 4.98. The summed E-state index contributed by atoms with van der Waals surface area (Å²) in [6.45, 7) is 4.58. The molecule has 0 aliphatic carbocycles. The van der Waals surface area contributed by atoms with Crippen LogP contribution in [0.4, 0.5) is 5.69 Å². The fourth-order valence-corrected chi connectivity index (χ4v) is 3.30. The highest BCUT2D eigenvalue weighted by atomic mass is 16.6. The number of nitro benzene ring substituents is 1. The van der Waals surface area contributed by atoms with Gasteiger partial charge in [0.05, 0.1) is 4.92 Å². The van der Waals surface area contributed by atoms with Crippen LogP contribution in [0.3, 0.4) is 0 Å². The zero-order chi connectivity index (χ0) is 18.0. The van der Waals surface area contributed by atoms with Gasteiger partial charge in [-0.2, -0.15) is 0 Å². The van der Waals surface area contributed by atoms with Gasteiger partial charge in [-0.15, -0.1) is 0 Å². The first-order valence-electron chi connectivity index (χ1n) is 8.52. The molecule has 8 heteroatoms. The summed E-state index contributed by atoms with van der Waals surface area (Å²) < 4.78 is 0. The quantitative estimate of drug-likeness (QED) is 0.607. The lowest BCUT2D eigenvalue weighted by Crippen LogP contribution is -2.51. The van der Waals surface area contributed by atoms with Crippen molar-refractivity contribution in [2.24, 2.45) is 5.92 Å². The van der Waals surface area contributed by atoms with Crippen molar-refractivity contribution in [1.82, 2.24) is 15.5 Å². The lowest BCUT2D eigenvalue weighted by atomic mass is 10.0. The third kappa shape index (κ3) is 3.63. The Bertz CT molecular complexity index is 702. The summed E-state index contributed by atoms with van der Waals surface area (Å²) >= 11 is 0. The first-order chi connectivity index (χ1) is 12.0. The summed E-state index contributed by atoms with van der Waals surface area (Å²) in [6.07, 6.45) is 1.42. The number of benzene rings is 1. The number of hydrogen-bond acceptors (Lipinski definition) is 5. The number of nitro groups is 1. The normalized spacial score (nSPS) is 20.2. The maximum atomic E-state index is 12.8. The van der Waals surface area contributed by atoms with Gasteiger partial charge in [0.25, 0.3) is 11.6 Å². The predicted octanol–water partition coefficient (Wildman–Crippen LogP) is 0.843. The first kappa shape index (κ1) is 17.3. The van der Waals surface area contributed by atoms with E-state index in [2.05, 4.69) is 10.6 Å². The van der Waals surface area contributed by atoms with Crippen molar-refractivity contribution in [1.29, 1.82) is 0 Å². The van der Waals surface area contributed by atoms with Crippen molar-refractivity contribution in [3.05, 3.63) is 39.4 Å². The third-order valence-corrected chi connectivity index (χ3v) is 4.89. The van der Waals surface area contributed by atoms with E-state index in [0.717, 1.165) is 19.5 Å². The summed E-state index contributed by atoms with van der Waals surface area (Å²) in [6, 6.07) is 3.86. The molecular formula is C17H22N4O4. The molecule has 0 radical (unpaired) electrons. The molecule has 0 bridgehead atoms. The topological polar surface area (TPSA) is 105 Å². The van der Waals surface area contributed by atoms with Crippen molar-refractivity contribution in [3.63, 3.8) is 0 Å². The van der Waals surface area contributed by atoms with Gasteiger partial charge in [0, 0.05) is 49.3 Å². The summed E-state index contributed by atoms with van der Waals surface area (Å²) in [7, 11) is 0. The van der Waals surface area contributed by atoms with Gasteiger partial charge in [-0.05, 0) is 31.9 Å². The fraction of sp³-hybridized carbons (Fsp3) is 0.529. The van der Waals surface area contributed by atoms with Gasteiger partial charge in [-0.3, -0.25) is 19.7 Å². The highest BCUT2D eigenvalue weighted by Crippen LogP contribution is 2.24. The van der Waals surface area contributed by atoms with E-state index in [1.165, 1.54) is 18.2 Å². The summed E-state index contributed by atoms with van der Waals surface area (Å²) in [4.78, 5) is 37.2. The lowest BCUT2D eigenvalue weighted by Gasteiger charge is -2.29. The van der Waals surface area contributed by atoms with Gasteiger partial charge in [-0.25, -0.2) is 0 Å². The van der Waals surface area contributed by atoms with Gasteiger partial charge >= 0.3 is 0 Å². The number of carbonyl (C=O) groups excluding carboxylic acids is 2. The minimum Gasteiger partial charge on any atom is -0.354 e. The molecule has 2 aliphatic rings. The van der Waals surface area contributed by atoms with Crippen molar-refractivity contribution < 1.29 is 14.5 Å². The Balaban J connectivity index is 1.68. The number of carbonyl (C=O) groups is 2. The van der Waals surface area contributed by atoms with Crippen molar-refractivity contribution in [2.45, 2.75) is 25.8 Å². The van der Waals surface area contributed by atoms with Gasteiger partial charge in [0.1, 0.15) is 6.04 Å². The monoisotopic (exact) mass is 346 g/mol. The number of nitrogens with one attached hydrogen (secondary N) is 2. The zero-order valence-corrected chi connectivity index (χ0v) is 14.2. The third-order valence-electron chi connectivity index (χ3n) is 4.89. The highest BCUT2D eigenvalue weighted by Gasteiger charge is 2.35. The van der Waals surface area contributed by atoms with Crippen LogP contribution in [0, 0.1) is 23.0 Å². The number of aryl methyl sites for hydroxylation is 1.